The first-order chi connectivity index (χ1) is 15.5. The number of para-hydroxylation sites is 1. The van der Waals surface area contributed by atoms with E-state index in [0.717, 1.165) is 27.0 Å². The van der Waals surface area contributed by atoms with Crippen molar-refractivity contribution in [3.8, 4) is 0 Å². The van der Waals surface area contributed by atoms with Gasteiger partial charge in [0.05, 0.1) is 10.6 Å². The fourth-order valence-electron chi connectivity index (χ4n) is 3.58. The maximum absolute atomic E-state index is 12.5. The molecule has 0 fully saturated rings. The molecule has 2 aromatic carbocycles. The summed E-state index contributed by atoms with van der Waals surface area (Å²) in [5.74, 6) is 0.257. The molecule has 0 radical (unpaired) electrons. The molecule has 0 bridgehead atoms. The molecule has 5 nitrogen and oxygen atoms in total. The molecule has 0 atom stereocenters. The Bertz CT molecular complexity index is 1250. The number of hydrogen-bond donors (Lipinski definition) is 2. The molecule has 164 valence electrons. The molecule has 0 spiro atoms. The van der Waals surface area contributed by atoms with Gasteiger partial charge in [0.25, 0.3) is 5.91 Å². The largest absolute Gasteiger partial charge is 0.350 e. The van der Waals surface area contributed by atoms with Gasteiger partial charge in [0.2, 0.25) is 5.91 Å². The first-order valence-electron chi connectivity index (χ1n) is 10.4. The third kappa shape index (κ3) is 5.23. The average Bonchev–Trinajstić information content (AvgIpc) is 3.43. The minimum atomic E-state index is -0.0471. The van der Waals surface area contributed by atoms with Crippen LogP contribution in [-0.2, 0) is 11.3 Å². The first-order valence-corrected chi connectivity index (χ1v) is 12.3. The quantitative estimate of drug-likeness (QED) is 0.340. The van der Waals surface area contributed by atoms with Gasteiger partial charge in [0.1, 0.15) is 0 Å². The van der Waals surface area contributed by atoms with E-state index in [2.05, 4.69) is 39.6 Å². The smallest absolute Gasteiger partial charge is 0.261 e. The van der Waals surface area contributed by atoms with E-state index in [9.17, 15) is 9.59 Å². The Hall–Kier alpha value is -3.03. The fourth-order valence-corrected chi connectivity index (χ4v) is 5.11. The number of anilines is 1. The lowest BCUT2D eigenvalue weighted by Gasteiger charge is -2.09. The summed E-state index contributed by atoms with van der Waals surface area (Å²) in [6.07, 6.45) is 2.07. The summed E-state index contributed by atoms with van der Waals surface area (Å²) in [4.78, 5) is 26.5. The van der Waals surface area contributed by atoms with Crippen LogP contribution in [0.5, 0.6) is 0 Å². The number of thioether (sulfide) groups is 1. The lowest BCUT2D eigenvalue weighted by molar-refractivity contribution is -0.113. The van der Waals surface area contributed by atoms with E-state index in [0.29, 0.717) is 23.7 Å². The molecule has 4 rings (SSSR count). The molecular formula is C25H25N3O2S2. The minimum absolute atomic E-state index is 0.0259. The number of aromatic nitrogens is 1. The fraction of sp³-hybridized carbons (Fsp3) is 0.200. The Balaban J connectivity index is 1.39. The molecule has 0 aliphatic carbocycles. The van der Waals surface area contributed by atoms with Gasteiger partial charge in [-0.2, -0.15) is 0 Å². The van der Waals surface area contributed by atoms with Crippen molar-refractivity contribution in [1.82, 2.24) is 9.88 Å². The van der Waals surface area contributed by atoms with Gasteiger partial charge in [-0.25, -0.2) is 0 Å². The van der Waals surface area contributed by atoms with Crippen LogP contribution in [0.3, 0.4) is 0 Å². The number of nitrogens with one attached hydrogen (secondary N) is 2. The molecule has 0 aliphatic rings. The Kier molecular flexibility index (Phi) is 6.97. The zero-order chi connectivity index (χ0) is 22.5. The lowest BCUT2D eigenvalue weighted by atomic mass is 10.1. The van der Waals surface area contributed by atoms with Gasteiger partial charge in [-0.05, 0) is 43.0 Å². The second kappa shape index (κ2) is 10.1. The van der Waals surface area contributed by atoms with E-state index in [1.807, 2.05) is 55.6 Å². The molecule has 0 saturated carbocycles. The molecular weight excluding hydrogens is 438 g/mol. The van der Waals surface area contributed by atoms with Crippen LogP contribution in [0.2, 0.25) is 0 Å². The van der Waals surface area contributed by atoms with Crippen LogP contribution in [0.25, 0.3) is 10.9 Å². The number of benzene rings is 2. The van der Waals surface area contributed by atoms with E-state index in [-0.39, 0.29) is 11.8 Å². The normalized spacial score (nSPS) is 10.9. The van der Waals surface area contributed by atoms with Crippen molar-refractivity contribution in [2.24, 2.45) is 0 Å². The summed E-state index contributed by atoms with van der Waals surface area (Å²) < 4.78 is 2.13. The maximum atomic E-state index is 12.5. The zero-order valence-corrected chi connectivity index (χ0v) is 19.7. The Labute approximate surface area is 195 Å². The first kappa shape index (κ1) is 22.2. The second-order valence-corrected chi connectivity index (χ2v) is 9.56. The summed E-state index contributed by atoms with van der Waals surface area (Å²) >= 11 is 2.96. The number of hydrogen-bond acceptors (Lipinski definition) is 4. The van der Waals surface area contributed by atoms with Crippen molar-refractivity contribution >= 4 is 51.5 Å². The summed E-state index contributed by atoms with van der Waals surface area (Å²) in [6, 6.07) is 17.9. The van der Waals surface area contributed by atoms with Crippen molar-refractivity contribution in [3.63, 3.8) is 0 Å². The molecule has 2 N–H and O–H groups in total. The Morgan fingerprint density at radius 2 is 1.91 bits per heavy atom. The van der Waals surface area contributed by atoms with Gasteiger partial charge in [-0.3, -0.25) is 9.59 Å². The van der Waals surface area contributed by atoms with Crippen LogP contribution in [0.1, 0.15) is 20.8 Å². The van der Waals surface area contributed by atoms with Crippen molar-refractivity contribution in [1.29, 1.82) is 0 Å². The number of carbonyl (C=O) groups excluding carboxylic acids is 2. The molecule has 0 unspecified atom stereocenters. The number of nitrogens with zero attached hydrogens (tertiary/aromatic N) is 1. The van der Waals surface area contributed by atoms with E-state index in [1.54, 1.807) is 0 Å². The molecule has 32 heavy (non-hydrogen) atoms. The maximum Gasteiger partial charge on any atom is 0.261 e. The number of thiophene rings is 1. The number of amides is 2. The minimum Gasteiger partial charge on any atom is -0.350 e. The number of aryl methyl sites for hydroxylation is 2. The van der Waals surface area contributed by atoms with Gasteiger partial charge in [-0.1, -0.05) is 42.0 Å². The lowest BCUT2D eigenvalue weighted by Crippen LogP contribution is -2.26. The van der Waals surface area contributed by atoms with E-state index in [1.165, 1.54) is 28.7 Å². The summed E-state index contributed by atoms with van der Waals surface area (Å²) in [5, 5.41) is 8.99. The van der Waals surface area contributed by atoms with Crippen LogP contribution >= 0.6 is 23.1 Å². The topological polar surface area (TPSA) is 63.1 Å². The Morgan fingerprint density at radius 3 is 2.69 bits per heavy atom. The van der Waals surface area contributed by atoms with Crippen molar-refractivity contribution in [2.75, 3.05) is 17.6 Å². The molecule has 2 heterocycles. The monoisotopic (exact) mass is 463 g/mol. The summed E-state index contributed by atoms with van der Waals surface area (Å²) in [5.41, 5.74) is 4.18. The van der Waals surface area contributed by atoms with Gasteiger partial charge in [0, 0.05) is 40.8 Å². The molecule has 7 heteroatoms. The van der Waals surface area contributed by atoms with Crippen LogP contribution in [-0.4, -0.2) is 28.7 Å². The van der Waals surface area contributed by atoms with E-state index >= 15 is 0 Å². The van der Waals surface area contributed by atoms with Crippen molar-refractivity contribution in [2.45, 2.75) is 25.3 Å². The predicted molar refractivity (Wildman–Crippen MR) is 134 cm³/mol. The summed E-state index contributed by atoms with van der Waals surface area (Å²) in [7, 11) is 0. The predicted octanol–water partition coefficient (Wildman–Crippen LogP) is 5.48. The van der Waals surface area contributed by atoms with E-state index in [4.69, 9.17) is 0 Å². The van der Waals surface area contributed by atoms with Crippen LogP contribution in [0.15, 0.2) is 71.1 Å². The van der Waals surface area contributed by atoms with Gasteiger partial charge in [-0.15, -0.1) is 23.1 Å². The third-order valence-electron chi connectivity index (χ3n) is 5.15. The molecule has 2 amide bonds. The highest BCUT2D eigenvalue weighted by atomic mass is 32.2. The van der Waals surface area contributed by atoms with Gasteiger partial charge >= 0.3 is 0 Å². The van der Waals surface area contributed by atoms with E-state index < -0.39 is 0 Å². The van der Waals surface area contributed by atoms with Crippen LogP contribution < -0.4 is 10.6 Å². The van der Waals surface area contributed by atoms with Crippen molar-refractivity contribution in [3.05, 3.63) is 82.2 Å². The highest BCUT2D eigenvalue weighted by Crippen LogP contribution is 2.30. The number of carbonyl (C=O) groups is 2. The summed E-state index contributed by atoms with van der Waals surface area (Å²) in [6.45, 7) is 5.23. The van der Waals surface area contributed by atoms with Gasteiger partial charge < -0.3 is 15.2 Å². The molecule has 0 saturated heterocycles. The number of fused-ring (bicyclic) bond motifs is 1. The Morgan fingerprint density at radius 1 is 1.06 bits per heavy atom. The highest BCUT2D eigenvalue weighted by molar-refractivity contribution is 8.00. The zero-order valence-electron chi connectivity index (χ0n) is 18.1. The average molecular weight is 464 g/mol. The van der Waals surface area contributed by atoms with Crippen LogP contribution in [0, 0.1) is 13.8 Å². The SMILES string of the molecule is Cc1ccc(NC(=O)CSc2cn(CCNC(=O)c3cccs3)c3ccccc23)c(C)c1. The highest BCUT2D eigenvalue weighted by Gasteiger charge is 2.12. The third-order valence-corrected chi connectivity index (χ3v) is 7.06. The van der Waals surface area contributed by atoms with Crippen molar-refractivity contribution < 1.29 is 9.59 Å². The van der Waals surface area contributed by atoms with Crippen LogP contribution in [0.4, 0.5) is 5.69 Å². The van der Waals surface area contributed by atoms with Gasteiger partial charge in [0.15, 0.2) is 0 Å². The number of rotatable bonds is 8. The second-order valence-electron chi connectivity index (χ2n) is 7.59. The molecule has 4 aromatic rings. The molecule has 2 aromatic heterocycles. The standard InChI is InChI=1S/C25H25N3O2S2/c1-17-9-10-20(18(2)14-17)27-24(29)16-32-23-15-28(21-7-4-3-6-19(21)23)12-11-26-25(30)22-8-5-13-31-22/h3-10,13-15H,11-12,16H2,1-2H3,(H,26,30)(H,27,29). The molecule has 0 aliphatic heterocycles.